The minimum atomic E-state index is 0.0741. The van der Waals surface area contributed by atoms with E-state index in [2.05, 4.69) is 0 Å². The monoisotopic (exact) mass is 166 g/mol. The van der Waals surface area contributed by atoms with Crippen LogP contribution >= 0.6 is 0 Å². The topological polar surface area (TPSA) is 34.1 Å². The Labute approximate surface area is 72.3 Å². The molecule has 3 aliphatic rings. The second-order valence-corrected chi connectivity index (χ2v) is 4.17. The molecule has 3 aliphatic carbocycles. The lowest BCUT2D eigenvalue weighted by molar-refractivity contribution is -0.139. The van der Waals surface area contributed by atoms with Crippen LogP contribution in [0.25, 0.3) is 0 Å². The van der Waals surface area contributed by atoms with Gasteiger partial charge in [-0.25, -0.2) is 0 Å². The van der Waals surface area contributed by atoms with Crippen molar-refractivity contribution in [2.24, 2.45) is 17.8 Å². The number of Topliss-reactive ketones (excluding diaryl/α,β-unsaturated/α-hetero) is 2. The Morgan fingerprint density at radius 1 is 1.42 bits per heavy atom. The Morgan fingerprint density at radius 3 is 2.58 bits per heavy atom. The van der Waals surface area contributed by atoms with Crippen LogP contribution in [0.5, 0.6) is 0 Å². The maximum Gasteiger partial charge on any atom is 0.136 e. The summed E-state index contributed by atoms with van der Waals surface area (Å²) in [6.07, 6.45) is 3.86. The van der Waals surface area contributed by atoms with Gasteiger partial charge < -0.3 is 0 Å². The summed E-state index contributed by atoms with van der Waals surface area (Å²) in [5, 5.41) is 0. The Kier molecular flexibility index (Phi) is 1.78. The number of hydrogen-bond acceptors (Lipinski definition) is 2. The number of carbonyl (C=O) groups is 2. The molecular weight excluding hydrogens is 152 g/mol. The zero-order chi connectivity index (χ0) is 8.72. The fourth-order valence-electron chi connectivity index (χ4n) is 2.71. The zero-order valence-electron chi connectivity index (χ0n) is 7.38. The predicted octanol–water partition coefficient (Wildman–Crippen LogP) is 1.58. The fraction of sp³-hybridized carbons (Fsp3) is 0.800. The van der Waals surface area contributed by atoms with E-state index in [-0.39, 0.29) is 17.6 Å². The molecule has 3 fully saturated rings. The van der Waals surface area contributed by atoms with Gasteiger partial charge in [-0.15, -0.1) is 0 Å². The predicted molar refractivity (Wildman–Crippen MR) is 44.6 cm³/mol. The minimum Gasteiger partial charge on any atom is -0.300 e. The number of rotatable bonds is 1. The molecule has 0 aromatic heterocycles. The average molecular weight is 166 g/mol. The molecule has 0 saturated heterocycles. The second kappa shape index (κ2) is 2.68. The molecule has 0 amide bonds. The molecule has 2 bridgehead atoms. The van der Waals surface area contributed by atoms with Gasteiger partial charge in [0.1, 0.15) is 11.6 Å². The van der Waals surface area contributed by atoms with Crippen molar-refractivity contribution in [3.8, 4) is 0 Å². The number of carbonyl (C=O) groups excluding carboxylic acids is 2. The molecule has 66 valence electrons. The molecule has 0 aromatic carbocycles. The molecule has 12 heavy (non-hydrogen) atoms. The smallest absolute Gasteiger partial charge is 0.136 e. The molecule has 2 nitrogen and oxygen atoms in total. The Balaban J connectivity index is 2.19. The van der Waals surface area contributed by atoms with E-state index in [9.17, 15) is 9.59 Å². The minimum absolute atomic E-state index is 0.0741. The highest BCUT2D eigenvalue weighted by molar-refractivity contribution is 5.90. The number of ketones is 2. The first-order chi connectivity index (χ1) is 5.68. The summed E-state index contributed by atoms with van der Waals surface area (Å²) in [4.78, 5) is 22.6. The quantitative estimate of drug-likeness (QED) is 0.592. The molecule has 0 heterocycles. The molecule has 0 N–H and O–H groups in total. The van der Waals surface area contributed by atoms with E-state index in [1.165, 1.54) is 6.42 Å². The van der Waals surface area contributed by atoms with Gasteiger partial charge in [-0.1, -0.05) is 0 Å². The Bertz CT molecular complexity index is 232. The van der Waals surface area contributed by atoms with E-state index in [1.54, 1.807) is 6.92 Å². The lowest BCUT2D eigenvalue weighted by Gasteiger charge is -2.39. The van der Waals surface area contributed by atoms with Gasteiger partial charge >= 0.3 is 0 Å². The van der Waals surface area contributed by atoms with Gasteiger partial charge in [-0.2, -0.15) is 0 Å². The molecule has 0 aliphatic heterocycles. The third-order valence-electron chi connectivity index (χ3n) is 3.38. The van der Waals surface area contributed by atoms with E-state index in [0.717, 1.165) is 19.3 Å². The molecule has 0 radical (unpaired) electrons. The summed E-state index contributed by atoms with van der Waals surface area (Å²) in [5.41, 5.74) is 0. The van der Waals surface area contributed by atoms with Crippen LogP contribution < -0.4 is 0 Å². The van der Waals surface area contributed by atoms with Gasteiger partial charge in [0.05, 0.1) is 0 Å². The van der Waals surface area contributed by atoms with Crippen molar-refractivity contribution in [3.05, 3.63) is 0 Å². The van der Waals surface area contributed by atoms with Gasteiger partial charge in [0.2, 0.25) is 0 Å². The summed E-state index contributed by atoms with van der Waals surface area (Å²) in [5.74, 6) is 1.25. The van der Waals surface area contributed by atoms with Crippen molar-refractivity contribution in [2.45, 2.75) is 32.6 Å². The molecular formula is C10H14O2. The van der Waals surface area contributed by atoms with Crippen molar-refractivity contribution in [1.29, 1.82) is 0 Å². The summed E-state index contributed by atoms with van der Waals surface area (Å²) < 4.78 is 0. The third-order valence-corrected chi connectivity index (χ3v) is 3.38. The van der Waals surface area contributed by atoms with Crippen molar-refractivity contribution in [2.75, 3.05) is 0 Å². The van der Waals surface area contributed by atoms with E-state index in [0.29, 0.717) is 11.7 Å². The molecule has 0 unspecified atom stereocenters. The van der Waals surface area contributed by atoms with Crippen LogP contribution in [-0.4, -0.2) is 11.6 Å². The maximum absolute atomic E-state index is 11.4. The first-order valence-corrected chi connectivity index (χ1v) is 4.71. The lowest BCUT2D eigenvalue weighted by atomic mass is 9.63. The van der Waals surface area contributed by atoms with Crippen LogP contribution in [0.1, 0.15) is 32.6 Å². The second-order valence-electron chi connectivity index (χ2n) is 4.17. The lowest BCUT2D eigenvalue weighted by Crippen LogP contribution is -2.41. The fourth-order valence-corrected chi connectivity index (χ4v) is 2.71. The molecule has 3 saturated carbocycles. The normalized spacial score (nSPS) is 40.1. The highest BCUT2D eigenvalue weighted by Crippen LogP contribution is 2.43. The van der Waals surface area contributed by atoms with Crippen LogP contribution in [-0.2, 0) is 9.59 Å². The molecule has 3 rings (SSSR count). The van der Waals surface area contributed by atoms with Crippen LogP contribution in [0, 0.1) is 17.8 Å². The summed E-state index contributed by atoms with van der Waals surface area (Å²) in [7, 11) is 0. The van der Waals surface area contributed by atoms with Gasteiger partial charge in [0.15, 0.2) is 0 Å². The SMILES string of the molecule is CC(=O)[C@@H]1C[C@@H]2CC[C@H]1C(=O)C2. The zero-order valence-corrected chi connectivity index (χ0v) is 7.38. The standard InChI is InChI=1S/C10H14O2/c1-6(11)9-4-7-2-3-8(9)10(12)5-7/h7-9H,2-5H2,1H3/t7-,8+,9-/m0/s1. The van der Waals surface area contributed by atoms with Crippen LogP contribution in [0.4, 0.5) is 0 Å². The molecule has 0 spiro atoms. The van der Waals surface area contributed by atoms with Crippen molar-refractivity contribution < 1.29 is 9.59 Å². The average Bonchev–Trinajstić information content (AvgIpc) is 2.04. The summed E-state index contributed by atoms with van der Waals surface area (Å²) in [6.45, 7) is 1.62. The van der Waals surface area contributed by atoms with Crippen molar-refractivity contribution in [1.82, 2.24) is 0 Å². The molecule has 2 heteroatoms. The first-order valence-electron chi connectivity index (χ1n) is 4.71. The first kappa shape index (κ1) is 7.96. The van der Waals surface area contributed by atoms with Crippen LogP contribution in [0.3, 0.4) is 0 Å². The molecule has 3 atom stereocenters. The van der Waals surface area contributed by atoms with Crippen molar-refractivity contribution in [3.63, 3.8) is 0 Å². The number of hydrogen-bond donors (Lipinski definition) is 0. The van der Waals surface area contributed by atoms with E-state index in [1.807, 2.05) is 0 Å². The van der Waals surface area contributed by atoms with E-state index in [4.69, 9.17) is 0 Å². The van der Waals surface area contributed by atoms with Gasteiger partial charge in [-0.3, -0.25) is 9.59 Å². The number of fused-ring (bicyclic) bond motifs is 3. The van der Waals surface area contributed by atoms with E-state index >= 15 is 0 Å². The van der Waals surface area contributed by atoms with Crippen molar-refractivity contribution >= 4 is 11.6 Å². The maximum atomic E-state index is 11.4. The van der Waals surface area contributed by atoms with Gasteiger partial charge in [0.25, 0.3) is 0 Å². The largest absolute Gasteiger partial charge is 0.300 e. The van der Waals surface area contributed by atoms with E-state index < -0.39 is 0 Å². The van der Waals surface area contributed by atoms with Gasteiger partial charge in [0, 0.05) is 18.3 Å². The Hall–Kier alpha value is -0.660. The summed E-state index contributed by atoms with van der Waals surface area (Å²) >= 11 is 0. The van der Waals surface area contributed by atoms with Crippen LogP contribution in [0.15, 0.2) is 0 Å². The summed E-state index contributed by atoms with van der Waals surface area (Å²) in [6, 6.07) is 0. The molecule has 0 aromatic rings. The highest BCUT2D eigenvalue weighted by atomic mass is 16.1. The Morgan fingerprint density at radius 2 is 2.17 bits per heavy atom. The third kappa shape index (κ3) is 1.10. The van der Waals surface area contributed by atoms with Gasteiger partial charge in [-0.05, 0) is 32.1 Å². The van der Waals surface area contributed by atoms with Crippen LogP contribution in [0.2, 0.25) is 0 Å². The highest BCUT2D eigenvalue weighted by Gasteiger charge is 2.42.